The van der Waals surface area contributed by atoms with Gasteiger partial charge in [0.25, 0.3) is 0 Å². The molecule has 2 nitrogen and oxygen atoms in total. The van der Waals surface area contributed by atoms with Crippen molar-refractivity contribution in [2.24, 2.45) is 0 Å². The van der Waals surface area contributed by atoms with Gasteiger partial charge in [0.2, 0.25) is 0 Å². The minimum atomic E-state index is -0.493. The maximum absolute atomic E-state index is 13.1. The maximum atomic E-state index is 13.1. The summed E-state index contributed by atoms with van der Waals surface area (Å²) in [4.78, 5) is 0. The molecule has 0 N–H and O–H groups in total. The number of halogens is 2. The smallest absolute Gasteiger partial charge is 0.145 e. The average molecular weight is 257 g/mol. The molecular formula is C13H14ClFO2. The van der Waals surface area contributed by atoms with Crippen LogP contribution in [0.5, 0.6) is 5.75 Å². The van der Waals surface area contributed by atoms with Crippen molar-refractivity contribution in [1.82, 2.24) is 0 Å². The highest BCUT2D eigenvalue weighted by molar-refractivity contribution is 6.30. The van der Waals surface area contributed by atoms with Crippen LogP contribution in [0.3, 0.4) is 0 Å². The van der Waals surface area contributed by atoms with Crippen molar-refractivity contribution >= 4 is 11.6 Å². The summed E-state index contributed by atoms with van der Waals surface area (Å²) in [7, 11) is 1.54. The monoisotopic (exact) mass is 256 g/mol. The van der Waals surface area contributed by atoms with Gasteiger partial charge in [0.1, 0.15) is 23.9 Å². The summed E-state index contributed by atoms with van der Waals surface area (Å²) >= 11 is 5.56. The maximum Gasteiger partial charge on any atom is 0.145 e. The normalized spacial score (nSPS) is 11.2. The number of ether oxygens (including phenoxy) is 2. The highest BCUT2D eigenvalue weighted by Crippen LogP contribution is 2.20. The van der Waals surface area contributed by atoms with Gasteiger partial charge in [-0.15, -0.1) is 0 Å². The molecule has 0 fully saturated rings. The lowest BCUT2D eigenvalue weighted by atomic mass is 10.3. The third-order valence-corrected chi connectivity index (χ3v) is 2.33. The third kappa shape index (κ3) is 4.49. The Balaban J connectivity index is 2.58. The first-order valence-corrected chi connectivity index (χ1v) is 5.38. The van der Waals surface area contributed by atoms with E-state index in [1.807, 2.05) is 6.92 Å². The lowest BCUT2D eigenvalue weighted by Gasteiger charge is -2.07. The van der Waals surface area contributed by atoms with Crippen LogP contribution in [0.2, 0.25) is 5.02 Å². The molecule has 17 heavy (non-hydrogen) atoms. The standard InChI is InChI=1S/C13H14ClFO2/c1-9(6-10(2)16-3)8-17-11-4-5-12(14)13(15)7-11/h4-7H,2,8H2,1,3H3/b9-6+. The van der Waals surface area contributed by atoms with Crippen molar-refractivity contribution in [2.45, 2.75) is 6.92 Å². The fraction of sp³-hybridized carbons (Fsp3) is 0.231. The molecule has 0 bridgehead atoms. The van der Waals surface area contributed by atoms with E-state index in [0.29, 0.717) is 18.1 Å². The SMILES string of the molecule is C=C(/C=C(\C)COc1ccc(Cl)c(F)c1)OC. The van der Waals surface area contributed by atoms with Gasteiger partial charge in [-0.2, -0.15) is 0 Å². The van der Waals surface area contributed by atoms with Crippen LogP contribution in [0.15, 0.2) is 42.2 Å². The molecule has 0 aliphatic rings. The second-order valence-electron chi connectivity index (χ2n) is 3.53. The molecule has 0 heterocycles. The van der Waals surface area contributed by atoms with E-state index in [2.05, 4.69) is 6.58 Å². The second-order valence-corrected chi connectivity index (χ2v) is 3.93. The quantitative estimate of drug-likeness (QED) is 0.586. The minimum absolute atomic E-state index is 0.0809. The van der Waals surface area contributed by atoms with Crippen LogP contribution in [0.1, 0.15) is 6.92 Å². The van der Waals surface area contributed by atoms with E-state index in [1.165, 1.54) is 12.1 Å². The summed E-state index contributed by atoms with van der Waals surface area (Å²) in [6, 6.07) is 4.32. The van der Waals surface area contributed by atoms with Crippen molar-refractivity contribution < 1.29 is 13.9 Å². The Hall–Kier alpha value is -1.48. The molecule has 0 radical (unpaired) electrons. The van der Waals surface area contributed by atoms with E-state index in [-0.39, 0.29) is 5.02 Å². The molecular weight excluding hydrogens is 243 g/mol. The fourth-order valence-electron chi connectivity index (χ4n) is 1.14. The molecule has 92 valence electrons. The van der Waals surface area contributed by atoms with Gasteiger partial charge in [0.15, 0.2) is 0 Å². The van der Waals surface area contributed by atoms with Gasteiger partial charge in [-0.1, -0.05) is 18.2 Å². The number of hydrogen-bond acceptors (Lipinski definition) is 2. The molecule has 4 heteroatoms. The number of hydrogen-bond donors (Lipinski definition) is 0. The van der Waals surface area contributed by atoms with Crippen molar-refractivity contribution in [1.29, 1.82) is 0 Å². The lowest BCUT2D eigenvalue weighted by Crippen LogP contribution is -1.99. The van der Waals surface area contributed by atoms with Crippen LogP contribution in [0.4, 0.5) is 4.39 Å². The van der Waals surface area contributed by atoms with Crippen LogP contribution in [0.25, 0.3) is 0 Å². The molecule has 0 aliphatic heterocycles. The fourth-order valence-corrected chi connectivity index (χ4v) is 1.26. The van der Waals surface area contributed by atoms with Crippen LogP contribution in [-0.4, -0.2) is 13.7 Å². The third-order valence-electron chi connectivity index (χ3n) is 2.03. The van der Waals surface area contributed by atoms with Gasteiger partial charge in [-0.25, -0.2) is 4.39 Å². The van der Waals surface area contributed by atoms with E-state index in [0.717, 1.165) is 5.57 Å². The van der Waals surface area contributed by atoms with E-state index in [1.54, 1.807) is 19.3 Å². The highest BCUT2D eigenvalue weighted by atomic mass is 35.5. The van der Waals surface area contributed by atoms with Gasteiger partial charge >= 0.3 is 0 Å². The predicted octanol–water partition coefficient (Wildman–Crippen LogP) is 3.96. The molecule has 0 aliphatic carbocycles. The molecule has 0 saturated carbocycles. The summed E-state index contributed by atoms with van der Waals surface area (Å²) < 4.78 is 23.4. The Labute approximate surface area is 105 Å². The zero-order valence-corrected chi connectivity index (χ0v) is 10.6. The summed E-state index contributed by atoms with van der Waals surface area (Å²) in [6.07, 6.45) is 1.76. The molecule has 1 aromatic carbocycles. The van der Waals surface area contributed by atoms with E-state index >= 15 is 0 Å². The molecule has 1 aromatic rings. The Morgan fingerprint density at radius 2 is 2.24 bits per heavy atom. The molecule has 1 rings (SSSR count). The van der Waals surface area contributed by atoms with E-state index in [4.69, 9.17) is 21.1 Å². The number of allylic oxidation sites excluding steroid dienone is 1. The molecule has 0 spiro atoms. The first-order chi connectivity index (χ1) is 8.02. The lowest BCUT2D eigenvalue weighted by molar-refractivity contribution is 0.305. The van der Waals surface area contributed by atoms with Crippen molar-refractivity contribution in [3.8, 4) is 5.75 Å². The molecule has 0 amide bonds. The summed E-state index contributed by atoms with van der Waals surface area (Å²) in [5.74, 6) is 0.489. The predicted molar refractivity (Wildman–Crippen MR) is 66.8 cm³/mol. The Kier molecular flexibility index (Phi) is 5.04. The van der Waals surface area contributed by atoms with Crippen LogP contribution < -0.4 is 4.74 Å². The minimum Gasteiger partial charge on any atom is -0.497 e. The highest BCUT2D eigenvalue weighted by Gasteiger charge is 2.02. The zero-order chi connectivity index (χ0) is 12.8. The summed E-state index contributed by atoms with van der Waals surface area (Å²) in [5.41, 5.74) is 0.923. The molecule has 0 aromatic heterocycles. The van der Waals surface area contributed by atoms with Gasteiger partial charge in [-0.3, -0.25) is 0 Å². The van der Waals surface area contributed by atoms with Crippen LogP contribution in [-0.2, 0) is 4.74 Å². The average Bonchev–Trinajstić information content (AvgIpc) is 2.30. The van der Waals surface area contributed by atoms with Gasteiger partial charge in [-0.05, 0) is 30.7 Å². The number of benzene rings is 1. The number of methoxy groups -OCH3 is 1. The first kappa shape index (κ1) is 13.6. The van der Waals surface area contributed by atoms with Gasteiger partial charge < -0.3 is 9.47 Å². The van der Waals surface area contributed by atoms with E-state index < -0.39 is 5.82 Å². The molecule has 0 saturated heterocycles. The van der Waals surface area contributed by atoms with Gasteiger partial charge in [0, 0.05) is 6.07 Å². The zero-order valence-electron chi connectivity index (χ0n) is 9.80. The first-order valence-electron chi connectivity index (χ1n) is 5.01. The van der Waals surface area contributed by atoms with Crippen LogP contribution in [0, 0.1) is 5.82 Å². The molecule has 0 unspecified atom stereocenters. The topological polar surface area (TPSA) is 18.5 Å². The van der Waals surface area contributed by atoms with Gasteiger partial charge in [0.05, 0.1) is 12.1 Å². The van der Waals surface area contributed by atoms with Crippen molar-refractivity contribution in [3.63, 3.8) is 0 Å². The summed E-state index contributed by atoms with van der Waals surface area (Å²) in [6.45, 7) is 5.87. The van der Waals surface area contributed by atoms with Crippen molar-refractivity contribution in [2.75, 3.05) is 13.7 Å². The Morgan fingerprint density at radius 1 is 1.53 bits per heavy atom. The Bertz CT molecular complexity index is 441. The Morgan fingerprint density at radius 3 is 2.82 bits per heavy atom. The molecule has 0 atom stereocenters. The summed E-state index contributed by atoms with van der Waals surface area (Å²) in [5, 5.41) is 0.0809. The second kappa shape index (κ2) is 6.30. The van der Waals surface area contributed by atoms with Crippen LogP contribution >= 0.6 is 11.6 Å². The largest absolute Gasteiger partial charge is 0.497 e. The van der Waals surface area contributed by atoms with E-state index in [9.17, 15) is 4.39 Å². The number of rotatable bonds is 5. The van der Waals surface area contributed by atoms with Crippen molar-refractivity contribution in [3.05, 3.63) is 53.0 Å².